The molecular weight excluding hydrogens is 438 g/mol. The molecule has 0 aliphatic heterocycles. The Bertz CT molecular complexity index is 914. The number of carbonyl (C=O) groups excluding carboxylic acids is 2. The third kappa shape index (κ3) is 5.62. The van der Waals surface area contributed by atoms with E-state index in [1.807, 2.05) is 6.92 Å². The number of thioether (sulfide) groups is 1. The number of esters is 1. The molecule has 0 spiro atoms. The summed E-state index contributed by atoms with van der Waals surface area (Å²) in [5, 5.41) is 12.6. The van der Waals surface area contributed by atoms with Crippen LogP contribution >= 0.6 is 34.4 Å². The van der Waals surface area contributed by atoms with Crippen LogP contribution in [0.1, 0.15) is 66.3 Å². The van der Waals surface area contributed by atoms with Crippen LogP contribution in [-0.2, 0) is 22.4 Å². The van der Waals surface area contributed by atoms with Crippen molar-refractivity contribution in [3.05, 3.63) is 21.0 Å². The summed E-state index contributed by atoms with van der Waals surface area (Å²) >= 11 is 4.59. The lowest BCUT2D eigenvalue weighted by Gasteiger charge is -2.33. The molecule has 1 N–H and O–H groups in total. The fraction of sp³-hybridized carbons (Fsp3) is 0.619. The molecule has 9 heteroatoms. The predicted octanol–water partition coefficient (Wildman–Crippen LogP) is 5.36. The Morgan fingerprint density at radius 3 is 2.67 bits per heavy atom. The first-order valence-corrected chi connectivity index (χ1v) is 12.8. The van der Waals surface area contributed by atoms with E-state index in [-0.39, 0.29) is 17.3 Å². The van der Waals surface area contributed by atoms with E-state index in [9.17, 15) is 9.59 Å². The highest BCUT2D eigenvalue weighted by molar-refractivity contribution is 8.01. The topological polar surface area (TPSA) is 81.2 Å². The van der Waals surface area contributed by atoms with Gasteiger partial charge in [0.1, 0.15) is 10.0 Å². The van der Waals surface area contributed by atoms with Gasteiger partial charge in [-0.05, 0) is 50.0 Å². The Morgan fingerprint density at radius 1 is 1.27 bits per heavy atom. The monoisotopic (exact) mass is 467 g/mol. The molecule has 1 unspecified atom stereocenters. The molecule has 0 radical (unpaired) electrons. The molecule has 1 aliphatic rings. The van der Waals surface area contributed by atoms with Gasteiger partial charge in [-0.25, -0.2) is 4.79 Å². The van der Waals surface area contributed by atoms with E-state index in [2.05, 4.69) is 36.3 Å². The average Bonchev–Trinajstić information content (AvgIpc) is 3.23. The Kier molecular flexibility index (Phi) is 7.57. The van der Waals surface area contributed by atoms with Gasteiger partial charge in [0.15, 0.2) is 4.34 Å². The number of carbonyl (C=O) groups is 2. The Morgan fingerprint density at radius 2 is 2.03 bits per heavy atom. The number of hydrogen-bond donors (Lipinski definition) is 1. The average molecular weight is 468 g/mol. The lowest BCUT2D eigenvalue weighted by molar-refractivity contribution is -0.115. The van der Waals surface area contributed by atoms with E-state index < -0.39 is 0 Å². The number of rotatable bonds is 7. The largest absolute Gasteiger partial charge is 0.462 e. The first-order valence-electron chi connectivity index (χ1n) is 10.2. The van der Waals surface area contributed by atoms with Gasteiger partial charge >= 0.3 is 5.97 Å². The van der Waals surface area contributed by atoms with Crippen LogP contribution in [0, 0.1) is 18.3 Å². The molecule has 1 atom stereocenters. The molecule has 2 aromatic heterocycles. The molecule has 1 aliphatic carbocycles. The number of thiophene rings is 1. The van der Waals surface area contributed by atoms with Gasteiger partial charge in [0.25, 0.3) is 0 Å². The number of nitrogens with one attached hydrogen (secondary N) is 1. The van der Waals surface area contributed by atoms with Gasteiger partial charge in [0.05, 0.1) is 12.2 Å². The molecule has 1 amide bonds. The molecule has 0 saturated carbocycles. The normalized spacial score (nSPS) is 16.2. The number of hydrogen-bond acceptors (Lipinski definition) is 8. The molecule has 2 aromatic rings. The Balaban J connectivity index is 1.72. The summed E-state index contributed by atoms with van der Waals surface area (Å²) in [6.45, 7) is 10.8. The second-order valence-electron chi connectivity index (χ2n) is 8.47. The number of aromatic nitrogens is 2. The maximum atomic E-state index is 12.7. The van der Waals surface area contributed by atoms with Crippen molar-refractivity contribution in [2.75, 3.05) is 17.7 Å². The minimum Gasteiger partial charge on any atom is -0.462 e. The van der Waals surface area contributed by atoms with E-state index in [0.29, 0.717) is 35.3 Å². The van der Waals surface area contributed by atoms with Crippen molar-refractivity contribution in [1.82, 2.24) is 10.2 Å². The number of nitrogens with zero attached hydrogens (tertiary/aromatic N) is 2. The highest BCUT2D eigenvalue weighted by Gasteiger charge is 2.34. The first kappa shape index (κ1) is 23.2. The second kappa shape index (κ2) is 9.78. The smallest absolute Gasteiger partial charge is 0.341 e. The number of fused-ring (bicyclic) bond motifs is 1. The minimum absolute atomic E-state index is 0.0970. The molecule has 6 nitrogen and oxygen atoms in total. The second-order valence-corrected chi connectivity index (χ2v) is 12.1. The van der Waals surface area contributed by atoms with E-state index in [1.54, 1.807) is 6.92 Å². The van der Waals surface area contributed by atoms with Gasteiger partial charge in [0.2, 0.25) is 5.91 Å². The van der Waals surface area contributed by atoms with E-state index in [1.165, 1.54) is 39.3 Å². The number of ether oxygens (including phenoxy) is 1. The third-order valence-corrected chi connectivity index (χ3v) is 8.43. The maximum Gasteiger partial charge on any atom is 0.341 e. The zero-order valence-corrected chi connectivity index (χ0v) is 20.6. The van der Waals surface area contributed by atoms with E-state index in [4.69, 9.17) is 4.74 Å². The van der Waals surface area contributed by atoms with Crippen LogP contribution in [0.5, 0.6) is 0 Å². The van der Waals surface area contributed by atoms with Crippen molar-refractivity contribution in [3.8, 4) is 0 Å². The summed E-state index contributed by atoms with van der Waals surface area (Å²) in [6, 6.07) is 0. The lowest BCUT2D eigenvalue weighted by atomic mass is 9.72. The van der Waals surface area contributed by atoms with Crippen LogP contribution in [0.25, 0.3) is 0 Å². The summed E-state index contributed by atoms with van der Waals surface area (Å²) in [5.74, 6) is 0.749. The van der Waals surface area contributed by atoms with Crippen molar-refractivity contribution in [3.63, 3.8) is 0 Å². The van der Waals surface area contributed by atoms with Gasteiger partial charge in [-0.2, -0.15) is 0 Å². The summed E-state index contributed by atoms with van der Waals surface area (Å²) in [4.78, 5) is 26.5. The van der Waals surface area contributed by atoms with Crippen LogP contribution in [0.3, 0.4) is 0 Å². The Labute approximate surface area is 190 Å². The summed E-state index contributed by atoms with van der Waals surface area (Å²) in [5.41, 5.74) is 1.84. The summed E-state index contributed by atoms with van der Waals surface area (Å²) in [6.07, 6.45) is 3.19. The minimum atomic E-state index is -0.335. The van der Waals surface area contributed by atoms with E-state index in [0.717, 1.165) is 34.2 Å². The molecule has 0 bridgehead atoms. The van der Waals surface area contributed by atoms with Crippen LogP contribution in [0.15, 0.2) is 4.34 Å². The van der Waals surface area contributed by atoms with Crippen LogP contribution < -0.4 is 5.32 Å². The molecular formula is C21H29N3O3S3. The van der Waals surface area contributed by atoms with Crippen molar-refractivity contribution < 1.29 is 14.3 Å². The molecule has 0 saturated heterocycles. The maximum absolute atomic E-state index is 12.7. The molecule has 0 fully saturated rings. The van der Waals surface area contributed by atoms with Gasteiger partial charge in [-0.3, -0.25) is 4.79 Å². The van der Waals surface area contributed by atoms with Crippen LogP contribution in [0.4, 0.5) is 5.00 Å². The number of amides is 1. The predicted molar refractivity (Wildman–Crippen MR) is 124 cm³/mol. The number of anilines is 1. The molecule has 30 heavy (non-hydrogen) atoms. The van der Waals surface area contributed by atoms with Crippen molar-refractivity contribution in [2.24, 2.45) is 11.3 Å². The summed E-state index contributed by atoms with van der Waals surface area (Å²) in [7, 11) is 0. The molecule has 0 aromatic carbocycles. The van der Waals surface area contributed by atoms with Crippen molar-refractivity contribution >= 4 is 51.3 Å². The van der Waals surface area contributed by atoms with Crippen molar-refractivity contribution in [2.45, 2.75) is 64.6 Å². The fourth-order valence-corrected chi connectivity index (χ4v) is 6.75. The van der Waals surface area contributed by atoms with Gasteiger partial charge in [-0.1, -0.05) is 43.9 Å². The lowest BCUT2D eigenvalue weighted by Crippen LogP contribution is -2.26. The zero-order chi connectivity index (χ0) is 21.9. The zero-order valence-electron chi connectivity index (χ0n) is 18.2. The van der Waals surface area contributed by atoms with Crippen molar-refractivity contribution in [1.29, 1.82) is 0 Å². The summed E-state index contributed by atoms with van der Waals surface area (Å²) < 4.78 is 6.18. The molecule has 2 heterocycles. The first-order chi connectivity index (χ1) is 14.2. The van der Waals surface area contributed by atoms with Gasteiger partial charge < -0.3 is 10.1 Å². The number of aryl methyl sites for hydroxylation is 1. The van der Waals surface area contributed by atoms with Gasteiger partial charge in [0, 0.05) is 17.1 Å². The van der Waals surface area contributed by atoms with E-state index >= 15 is 0 Å². The highest BCUT2D eigenvalue weighted by Crippen LogP contribution is 2.44. The molecule has 164 valence electrons. The quantitative estimate of drug-likeness (QED) is 0.436. The highest BCUT2D eigenvalue weighted by atomic mass is 32.2. The van der Waals surface area contributed by atoms with Crippen LogP contribution in [-0.4, -0.2) is 34.4 Å². The third-order valence-electron chi connectivity index (χ3n) is 5.28. The van der Waals surface area contributed by atoms with Crippen LogP contribution in [0.2, 0.25) is 0 Å². The SMILES string of the molecule is CCOC(=O)c1c(NC(=O)CCSc2nnc(C)s2)sc2c1CCC(C(C)(C)C)C2. The van der Waals surface area contributed by atoms with Gasteiger partial charge in [-0.15, -0.1) is 21.5 Å². The fourth-order valence-electron chi connectivity index (χ4n) is 3.59. The Hall–Kier alpha value is -1.45. The standard InChI is InChI=1S/C21H29N3O3S3/c1-6-27-19(26)17-14-8-7-13(21(3,4)5)11-15(14)30-18(17)22-16(25)9-10-28-20-24-23-12(2)29-20/h13H,6-11H2,1-5H3,(H,22,25). The molecule has 3 rings (SSSR count).